The monoisotopic (exact) mass is 306 g/mol. The van der Waals surface area contributed by atoms with E-state index in [1.54, 1.807) is 0 Å². The van der Waals surface area contributed by atoms with Gasteiger partial charge in [0.15, 0.2) is 0 Å². The van der Waals surface area contributed by atoms with Gasteiger partial charge in [-0.15, -0.1) is 0 Å². The van der Waals surface area contributed by atoms with E-state index in [1.807, 2.05) is 29.2 Å². The highest BCUT2D eigenvalue weighted by Gasteiger charge is 2.25. The van der Waals surface area contributed by atoms with E-state index in [9.17, 15) is 4.79 Å². The second-order valence-corrected chi connectivity index (χ2v) is 5.98. The number of hydrogen-bond acceptors (Lipinski definition) is 1. The molecule has 3 nitrogen and oxygen atoms in total. The third kappa shape index (κ3) is 2.05. The maximum Gasteiger partial charge on any atom is 0.270 e. The number of nitrogens with one attached hydrogen (secondary N) is 1. The molecule has 3 rings (SSSR count). The molecule has 1 aromatic heterocycles. The number of nitrogens with zero attached hydrogens (tertiary/aromatic N) is 1. The number of halogens is 1. The van der Waals surface area contributed by atoms with Gasteiger partial charge in [0, 0.05) is 28.5 Å². The van der Waals surface area contributed by atoms with E-state index in [0.717, 1.165) is 34.9 Å². The Morgan fingerprint density at radius 2 is 2.28 bits per heavy atom. The Morgan fingerprint density at radius 3 is 3.00 bits per heavy atom. The third-order valence-corrected chi connectivity index (χ3v) is 4.02. The lowest BCUT2D eigenvalue weighted by atomic mass is 10.2. The number of H-pyrrole nitrogens is 1. The molecule has 0 radical (unpaired) electrons. The molecule has 0 bridgehead atoms. The van der Waals surface area contributed by atoms with E-state index in [-0.39, 0.29) is 5.91 Å². The lowest BCUT2D eigenvalue weighted by molar-refractivity contribution is 0.0783. The van der Waals surface area contributed by atoms with Gasteiger partial charge in [0.1, 0.15) is 5.69 Å². The summed E-state index contributed by atoms with van der Waals surface area (Å²) in [6.07, 6.45) is 1.11. The zero-order valence-corrected chi connectivity index (χ0v) is 11.8. The fourth-order valence-electron chi connectivity index (χ4n) is 2.51. The van der Waals surface area contributed by atoms with Crippen LogP contribution in [0.15, 0.2) is 28.7 Å². The summed E-state index contributed by atoms with van der Waals surface area (Å²) < 4.78 is 1.03. The van der Waals surface area contributed by atoms with Crippen molar-refractivity contribution in [3.05, 3.63) is 34.4 Å². The maximum atomic E-state index is 12.3. The normalized spacial score (nSPS) is 19.7. The van der Waals surface area contributed by atoms with Gasteiger partial charge in [-0.1, -0.05) is 22.9 Å². The van der Waals surface area contributed by atoms with Crippen molar-refractivity contribution >= 4 is 32.7 Å². The van der Waals surface area contributed by atoms with Gasteiger partial charge in [-0.25, -0.2) is 0 Å². The van der Waals surface area contributed by atoms with Crippen LogP contribution >= 0.6 is 15.9 Å². The van der Waals surface area contributed by atoms with E-state index in [2.05, 4.69) is 27.8 Å². The molecule has 2 heterocycles. The first-order valence-electron chi connectivity index (χ1n) is 6.21. The Hall–Kier alpha value is -1.29. The van der Waals surface area contributed by atoms with E-state index in [4.69, 9.17) is 0 Å². The molecule has 1 aliphatic rings. The van der Waals surface area contributed by atoms with Crippen molar-refractivity contribution < 1.29 is 4.79 Å². The Balaban J connectivity index is 1.92. The van der Waals surface area contributed by atoms with Crippen molar-refractivity contribution in [2.45, 2.75) is 13.3 Å². The number of aromatic nitrogens is 1. The first-order chi connectivity index (χ1) is 8.63. The van der Waals surface area contributed by atoms with Gasteiger partial charge >= 0.3 is 0 Å². The quantitative estimate of drug-likeness (QED) is 0.861. The molecule has 0 saturated carbocycles. The number of aromatic amines is 1. The number of benzene rings is 1. The standard InChI is InChI=1S/C14H15BrN2O/c1-9-4-5-17(8-9)14(18)13-7-10-6-11(15)2-3-12(10)16-13/h2-3,6-7,9,16H,4-5,8H2,1H3. The third-order valence-electron chi connectivity index (χ3n) is 3.52. The van der Waals surface area contributed by atoms with Crippen LogP contribution in [-0.4, -0.2) is 28.9 Å². The molecule has 1 fully saturated rings. The van der Waals surface area contributed by atoms with Crippen molar-refractivity contribution in [1.29, 1.82) is 0 Å². The number of rotatable bonds is 1. The highest BCUT2D eigenvalue weighted by atomic mass is 79.9. The maximum absolute atomic E-state index is 12.3. The molecule has 1 N–H and O–H groups in total. The Morgan fingerprint density at radius 1 is 1.44 bits per heavy atom. The summed E-state index contributed by atoms with van der Waals surface area (Å²) in [5, 5.41) is 1.07. The fourth-order valence-corrected chi connectivity index (χ4v) is 2.89. The summed E-state index contributed by atoms with van der Waals surface area (Å²) in [4.78, 5) is 17.5. The Bertz CT molecular complexity index is 605. The Labute approximate surface area is 114 Å². The van der Waals surface area contributed by atoms with Crippen molar-refractivity contribution in [2.24, 2.45) is 5.92 Å². The molecule has 1 saturated heterocycles. The highest BCUT2D eigenvalue weighted by Crippen LogP contribution is 2.23. The zero-order valence-electron chi connectivity index (χ0n) is 10.2. The van der Waals surface area contributed by atoms with Crippen LogP contribution in [-0.2, 0) is 0 Å². The van der Waals surface area contributed by atoms with Crippen molar-refractivity contribution in [3.63, 3.8) is 0 Å². The summed E-state index contributed by atoms with van der Waals surface area (Å²) in [6, 6.07) is 7.93. The number of hydrogen-bond donors (Lipinski definition) is 1. The van der Waals surface area contributed by atoms with Crippen LogP contribution in [0.3, 0.4) is 0 Å². The number of carbonyl (C=O) groups is 1. The molecule has 1 aliphatic heterocycles. The minimum Gasteiger partial charge on any atom is -0.351 e. The number of carbonyl (C=O) groups excluding carboxylic acids is 1. The molecule has 0 aliphatic carbocycles. The predicted octanol–water partition coefficient (Wildman–Crippen LogP) is 3.41. The first kappa shape index (κ1) is 11.8. The fraction of sp³-hybridized carbons (Fsp3) is 0.357. The zero-order chi connectivity index (χ0) is 12.7. The lowest BCUT2D eigenvalue weighted by Crippen LogP contribution is -2.28. The first-order valence-corrected chi connectivity index (χ1v) is 7.00. The van der Waals surface area contributed by atoms with Gasteiger partial charge in [0.25, 0.3) is 5.91 Å². The van der Waals surface area contributed by atoms with Crippen LogP contribution in [0.5, 0.6) is 0 Å². The smallest absolute Gasteiger partial charge is 0.270 e. The average molecular weight is 307 g/mol. The van der Waals surface area contributed by atoms with Crippen LogP contribution < -0.4 is 0 Å². The van der Waals surface area contributed by atoms with E-state index in [1.165, 1.54) is 0 Å². The predicted molar refractivity (Wildman–Crippen MR) is 75.7 cm³/mol. The van der Waals surface area contributed by atoms with Crippen LogP contribution in [0.25, 0.3) is 10.9 Å². The van der Waals surface area contributed by atoms with Gasteiger partial charge in [-0.05, 0) is 36.6 Å². The summed E-state index contributed by atoms with van der Waals surface area (Å²) in [5.41, 5.74) is 1.70. The summed E-state index contributed by atoms with van der Waals surface area (Å²) >= 11 is 3.44. The van der Waals surface area contributed by atoms with Crippen molar-refractivity contribution in [2.75, 3.05) is 13.1 Å². The Kier molecular flexibility index (Phi) is 2.90. The van der Waals surface area contributed by atoms with Crippen LogP contribution in [0.1, 0.15) is 23.8 Å². The molecule has 4 heteroatoms. The molecule has 1 atom stereocenters. The van der Waals surface area contributed by atoms with E-state index >= 15 is 0 Å². The van der Waals surface area contributed by atoms with Gasteiger partial charge < -0.3 is 9.88 Å². The molecular weight excluding hydrogens is 292 g/mol. The van der Waals surface area contributed by atoms with Gasteiger partial charge in [-0.2, -0.15) is 0 Å². The van der Waals surface area contributed by atoms with Gasteiger partial charge in [-0.3, -0.25) is 4.79 Å². The van der Waals surface area contributed by atoms with E-state index < -0.39 is 0 Å². The van der Waals surface area contributed by atoms with Gasteiger partial charge in [0.05, 0.1) is 0 Å². The van der Waals surface area contributed by atoms with Gasteiger partial charge in [0.2, 0.25) is 0 Å². The molecule has 2 aromatic rings. The molecule has 94 valence electrons. The molecule has 18 heavy (non-hydrogen) atoms. The molecular formula is C14H15BrN2O. The molecule has 1 aromatic carbocycles. The summed E-state index contributed by atoms with van der Waals surface area (Å²) in [7, 11) is 0. The minimum absolute atomic E-state index is 0.117. The van der Waals surface area contributed by atoms with Crippen LogP contribution in [0, 0.1) is 5.92 Å². The molecule has 1 amide bonds. The van der Waals surface area contributed by atoms with E-state index in [0.29, 0.717) is 11.6 Å². The van der Waals surface area contributed by atoms with Crippen molar-refractivity contribution in [1.82, 2.24) is 9.88 Å². The number of amides is 1. The molecule has 1 unspecified atom stereocenters. The number of fused-ring (bicyclic) bond motifs is 1. The van der Waals surface area contributed by atoms with Crippen LogP contribution in [0.2, 0.25) is 0 Å². The SMILES string of the molecule is CC1CCN(C(=O)c2cc3cc(Br)ccc3[nH]2)C1. The highest BCUT2D eigenvalue weighted by molar-refractivity contribution is 9.10. The second kappa shape index (κ2) is 4.43. The second-order valence-electron chi connectivity index (χ2n) is 5.06. The summed E-state index contributed by atoms with van der Waals surface area (Å²) in [5.74, 6) is 0.735. The topological polar surface area (TPSA) is 36.1 Å². The van der Waals surface area contributed by atoms with Crippen LogP contribution in [0.4, 0.5) is 0 Å². The van der Waals surface area contributed by atoms with Crippen molar-refractivity contribution in [3.8, 4) is 0 Å². The largest absolute Gasteiger partial charge is 0.351 e. The number of likely N-dealkylation sites (tertiary alicyclic amines) is 1. The minimum atomic E-state index is 0.117. The molecule has 0 spiro atoms. The summed E-state index contributed by atoms with van der Waals surface area (Å²) in [6.45, 7) is 3.94. The lowest BCUT2D eigenvalue weighted by Gasteiger charge is -2.14. The average Bonchev–Trinajstić information content (AvgIpc) is 2.93.